The standard InChI is InChI=1S/C17H21N3O2/c1-11(2)6-7-22-13-5-3-4-12(8-13)14-9-16(21)19-17-15(14)10-18-20-17/h3-5,8,10-11,14H,6-7,9H2,1-2H3,(H2,18,19,20,21). The van der Waals surface area contributed by atoms with Crippen LogP contribution in [0, 0.1) is 5.92 Å². The summed E-state index contributed by atoms with van der Waals surface area (Å²) in [7, 11) is 0. The minimum Gasteiger partial charge on any atom is -0.494 e. The van der Waals surface area contributed by atoms with Crippen molar-refractivity contribution in [2.75, 3.05) is 11.9 Å². The quantitative estimate of drug-likeness (QED) is 0.890. The van der Waals surface area contributed by atoms with Gasteiger partial charge in [-0.1, -0.05) is 26.0 Å². The monoisotopic (exact) mass is 299 g/mol. The number of fused-ring (bicyclic) bond motifs is 1. The van der Waals surface area contributed by atoms with Gasteiger partial charge in [0.05, 0.1) is 12.8 Å². The summed E-state index contributed by atoms with van der Waals surface area (Å²) in [6.45, 7) is 5.07. The molecule has 0 fully saturated rings. The Bertz CT molecular complexity index is 663. The van der Waals surface area contributed by atoms with Gasteiger partial charge < -0.3 is 10.1 Å². The Labute approximate surface area is 130 Å². The lowest BCUT2D eigenvalue weighted by Gasteiger charge is -2.22. The fourth-order valence-electron chi connectivity index (χ4n) is 2.68. The first-order chi connectivity index (χ1) is 10.6. The molecular weight excluding hydrogens is 278 g/mol. The molecule has 2 aromatic rings. The summed E-state index contributed by atoms with van der Waals surface area (Å²) in [6, 6.07) is 8.00. The molecule has 116 valence electrons. The Morgan fingerprint density at radius 1 is 1.41 bits per heavy atom. The first kappa shape index (κ1) is 14.6. The summed E-state index contributed by atoms with van der Waals surface area (Å²) in [5.41, 5.74) is 2.11. The van der Waals surface area contributed by atoms with E-state index in [1.165, 1.54) is 0 Å². The van der Waals surface area contributed by atoms with Gasteiger partial charge in [0.25, 0.3) is 0 Å². The number of anilines is 1. The third-order valence-electron chi connectivity index (χ3n) is 3.92. The second-order valence-corrected chi connectivity index (χ2v) is 6.11. The van der Waals surface area contributed by atoms with Crippen molar-refractivity contribution in [1.29, 1.82) is 0 Å². The van der Waals surface area contributed by atoms with Crippen molar-refractivity contribution in [3.63, 3.8) is 0 Å². The number of hydrogen-bond acceptors (Lipinski definition) is 3. The maximum absolute atomic E-state index is 11.8. The zero-order valence-corrected chi connectivity index (χ0v) is 12.9. The molecule has 1 aromatic heterocycles. The summed E-state index contributed by atoms with van der Waals surface area (Å²) in [6.07, 6.45) is 3.25. The number of nitrogens with one attached hydrogen (secondary N) is 2. The SMILES string of the molecule is CC(C)CCOc1cccc(C2CC(=O)Nc3[nH]ncc32)c1. The second-order valence-electron chi connectivity index (χ2n) is 6.11. The van der Waals surface area contributed by atoms with Gasteiger partial charge in [-0.2, -0.15) is 5.10 Å². The lowest BCUT2D eigenvalue weighted by molar-refractivity contribution is -0.116. The molecule has 0 saturated carbocycles. The molecule has 1 atom stereocenters. The van der Waals surface area contributed by atoms with Crippen LogP contribution in [0.4, 0.5) is 5.82 Å². The lowest BCUT2D eigenvalue weighted by Crippen LogP contribution is -2.22. The van der Waals surface area contributed by atoms with Crippen LogP contribution in [0.15, 0.2) is 30.5 Å². The van der Waals surface area contributed by atoms with Gasteiger partial charge in [-0.3, -0.25) is 9.89 Å². The number of aromatic nitrogens is 2. The molecule has 1 aliphatic heterocycles. The van der Waals surface area contributed by atoms with E-state index in [4.69, 9.17) is 4.74 Å². The van der Waals surface area contributed by atoms with Crippen molar-refractivity contribution in [2.24, 2.45) is 5.92 Å². The summed E-state index contributed by atoms with van der Waals surface area (Å²) in [5.74, 6) is 2.21. The van der Waals surface area contributed by atoms with E-state index in [-0.39, 0.29) is 11.8 Å². The highest BCUT2D eigenvalue weighted by Crippen LogP contribution is 2.36. The maximum atomic E-state index is 11.8. The van der Waals surface area contributed by atoms with E-state index in [9.17, 15) is 4.79 Å². The third kappa shape index (κ3) is 3.13. The Morgan fingerprint density at radius 3 is 3.09 bits per heavy atom. The van der Waals surface area contributed by atoms with Gasteiger partial charge >= 0.3 is 0 Å². The van der Waals surface area contributed by atoms with Gasteiger partial charge in [0, 0.05) is 17.9 Å². The zero-order chi connectivity index (χ0) is 15.5. The number of hydrogen-bond donors (Lipinski definition) is 2. The van der Waals surface area contributed by atoms with E-state index in [0.29, 0.717) is 24.8 Å². The fourth-order valence-corrected chi connectivity index (χ4v) is 2.68. The van der Waals surface area contributed by atoms with Crippen molar-refractivity contribution < 1.29 is 9.53 Å². The van der Waals surface area contributed by atoms with E-state index >= 15 is 0 Å². The molecule has 0 spiro atoms. The van der Waals surface area contributed by atoms with Crippen LogP contribution in [-0.2, 0) is 4.79 Å². The van der Waals surface area contributed by atoms with E-state index in [0.717, 1.165) is 23.3 Å². The van der Waals surface area contributed by atoms with E-state index in [1.807, 2.05) is 24.3 Å². The lowest BCUT2D eigenvalue weighted by atomic mass is 9.87. The Morgan fingerprint density at radius 2 is 2.27 bits per heavy atom. The van der Waals surface area contributed by atoms with Crippen molar-refractivity contribution in [1.82, 2.24) is 10.2 Å². The minimum atomic E-state index is 0.00730. The number of nitrogens with zero attached hydrogens (tertiary/aromatic N) is 1. The highest BCUT2D eigenvalue weighted by atomic mass is 16.5. The Balaban J connectivity index is 1.79. The molecule has 0 bridgehead atoms. The number of ether oxygens (including phenoxy) is 1. The van der Waals surface area contributed by atoms with E-state index in [1.54, 1.807) is 6.20 Å². The van der Waals surface area contributed by atoms with Crippen LogP contribution in [0.25, 0.3) is 0 Å². The molecule has 1 unspecified atom stereocenters. The molecule has 0 saturated heterocycles. The maximum Gasteiger partial charge on any atom is 0.226 e. The Kier molecular flexibility index (Phi) is 4.13. The van der Waals surface area contributed by atoms with E-state index in [2.05, 4.69) is 29.4 Å². The average molecular weight is 299 g/mol. The second kappa shape index (κ2) is 6.22. The molecular formula is C17H21N3O2. The van der Waals surface area contributed by atoms with Crippen LogP contribution in [0.2, 0.25) is 0 Å². The molecule has 2 heterocycles. The number of carbonyl (C=O) groups is 1. The topological polar surface area (TPSA) is 67.0 Å². The number of aromatic amines is 1. The number of H-pyrrole nitrogens is 1. The number of rotatable bonds is 5. The van der Waals surface area contributed by atoms with Crippen molar-refractivity contribution in [3.05, 3.63) is 41.6 Å². The predicted molar refractivity (Wildman–Crippen MR) is 85.1 cm³/mol. The van der Waals surface area contributed by atoms with Crippen molar-refractivity contribution in [3.8, 4) is 5.75 Å². The molecule has 1 aromatic carbocycles. The summed E-state index contributed by atoms with van der Waals surface area (Å²) in [5, 5.41) is 9.68. The molecule has 3 rings (SSSR count). The highest BCUT2D eigenvalue weighted by Gasteiger charge is 2.28. The van der Waals surface area contributed by atoms with Crippen LogP contribution < -0.4 is 10.1 Å². The van der Waals surface area contributed by atoms with E-state index < -0.39 is 0 Å². The highest BCUT2D eigenvalue weighted by molar-refractivity contribution is 5.94. The smallest absolute Gasteiger partial charge is 0.226 e. The van der Waals surface area contributed by atoms with Crippen LogP contribution in [0.5, 0.6) is 5.75 Å². The first-order valence-corrected chi connectivity index (χ1v) is 7.69. The molecule has 5 nitrogen and oxygen atoms in total. The Hall–Kier alpha value is -2.30. The van der Waals surface area contributed by atoms with Crippen LogP contribution >= 0.6 is 0 Å². The normalized spacial score (nSPS) is 17.2. The summed E-state index contributed by atoms with van der Waals surface area (Å²) >= 11 is 0. The number of benzene rings is 1. The molecule has 5 heteroatoms. The molecule has 1 amide bonds. The van der Waals surface area contributed by atoms with Crippen LogP contribution in [0.1, 0.15) is 43.7 Å². The number of amides is 1. The van der Waals surface area contributed by atoms with Gasteiger partial charge in [-0.05, 0) is 30.0 Å². The molecule has 2 N–H and O–H groups in total. The largest absolute Gasteiger partial charge is 0.494 e. The average Bonchev–Trinajstić information content (AvgIpc) is 2.94. The van der Waals surface area contributed by atoms with Gasteiger partial charge in [0.2, 0.25) is 5.91 Å². The van der Waals surface area contributed by atoms with Crippen molar-refractivity contribution >= 4 is 11.7 Å². The number of carbonyl (C=O) groups excluding carboxylic acids is 1. The van der Waals surface area contributed by atoms with Gasteiger partial charge in [-0.25, -0.2) is 0 Å². The first-order valence-electron chi connectivity index (χ1n) is 7.69. The summed E-state index contributed by atoms with van der Waals surface area (Å²) < 4.78 is 5.82. The minimum absolute atomic E-state index is 0.00730. The van der Waals surface area contributed by atoms with Gasteiger partial charge in [0.1, 0.15) is 11.6 Å². The summed E-state index contributed by atoms with van der Waals surface area (Å²) in [4.78, 5) is 11.8. The zero-order valence-electron chi connectivity index (χ0n) is 12.9. The molecule has 0 radical (unpaired) electrons. The van der Waals surface area contributed by atoms with Gasteiger partial charge in [0.15, 0.2) is 0 Å². The third-order valence-corrected chi connectivity index (χ3v) is 3.92. The molecule has 1 aliphatic rings. The predicted octanol–water partition coefficient (Wildman–Crippen LogP) is 3.31. The molecule has 22 heavy (non-hydrogen) atoms. The van der Waals surface area contributed by atoms with Crippen molar-refractivity contribution in [2.45, 2.75) is 32.6 Å². The van der Waals surface area contributed by atoms with Crippen LogP contribution in [0.3, 0.4) is 0 Å². The van der Waals surface area contributed by atoms with Crippen LogP contribution in [-0.4, -0.2) is 22.7 Å². The van der Waals surface area contributed by atoms with Gasteiger partial charge in [-0.15, -0.1) is 0 Å². The molecule has 0 aliphatic carbocycles. The fraction of sp³-hybridized carbons (Fsp3) is 0.412.